The van der Waals surface area contributed by atoms with Crippen molar-refractivity contribution >= 4 is 5.91 Å². The van der Waals surface area contributed by atoms with Crippen molar-refractivity contribution in [2.75, 3.05) is 32.9 Å². The number of nitrogens with zero attached hydrogens (tertiary/aromatic N) is 1. The van der Waals surface area contributed by atoms with Gasteiger partial charge in [0, 0.05) is 37.7 Å². The van der Waals surface area contributed by atoms with Crippen molar-refractivity contribution in [1.29, 1.82) is 0 Å². The molecule has 0 unspecified atom stereocenters. The van der Waals surface area contributed by atoms with E-state index in [4.69, 9.17) is 9.47 Å². The lowest BCUT2D eigenvalue weighted by molar-refractivity contribution is -0.124. The van der Waals surface area contributed by atoms with Gasteiger partial charge in [0.15, 0.2) is 0 Å². The van der Waals surface area contributed by atoms with Gasteiger partial charge in [0.25, 0.3) is 0 Å². The van der Waals surface area contributed by atoms with Gasteiger partial charge in [-0.1, -0.05) is 12.8 Å². The van der Waals surface area contributed by atoms with Crippen LogP contribution < -0.4 is 5.32 Å². The number of nitrogens with one attached hydrogen (secondary N) is 1. The lowest BCUT2D eigenvalue weighted by Crippen LogP contribution is -2.62. The lowest BCUT2D eigenvalue weighted by atomic mass is 9.86. The predicted octanol–water partition coefficient (Wildman–Crippen LogP) is 2.49. The van der Waals surface area contributed by atoms with E-state index < -0.39 is 0 Å². The van der Waals surface area contributed by atoms with E-state index in [-0.39, 0.29) is 17.5 Å². The Kier molecular flexibility index (Phi) is 6.53. The Balaban J connectivity index is 1.51. The first-order valence-electron chi connectivity index (χ1n) is 9.94. The number of carbonyl (C=O) groups is 1. The van der Waals surface area contributed by atoms with Crippen molar-refractivity contribution < 1.29 is 14.3 Å². The van der Waals surface area contributed by atoms with Crippen molar-refractivity contribution in [2.45, 2.75) is 82.4 Å². The number of hydrogen-bond acceptors (Lipinski definition) is 4. The van der Waals surface area contributed by atoms with Crippen LogP contribution in [-0.4, -0.2) is 61.4 Å². The minimum atomic E-state index is 0.140. The molecular weight excluding hydrogens is 304 g/mol. The van der Waals surface area contributed by atoms with E-state index in [1.165, 1.54) is 38.5 Å². The van der Waals surface area contributed by atoms with Gasteiger partial charge in [-0.2, -0.15) is 0 Å². The van der Waals surface area contributed by atoms with Crippen molar-refractivity contribution in [3.8, 4) is 0 Å². The number of rotatable bonds is 6. The molecule has 1 N–H and O–H groups in total. The summed E-state index contributed by atoms with van der Waals surface area (Å²) in [6, 6.07) is 0.206. The third-order valence-corrected chi connectivity index (χ3v) is 6.26. The molecule has 0 aromatic carbocycles. The monoisotopic (exact) mass is 338 g/mol. The van der Waals surface area contributed by atoms with Gasteiger partial charge in [-0.25, -0.2) is 0 Å². The summed E-state index contributed by atoms with van der Waals surface area (Å²) in [6.45, 7) is 6.70. The summed E-state index contributed by atoms with van der Waals surface area (Å²) >= 11 is 0. The van der Waals surface area contributed by atoms with Crippen molar-refractivity contribution in [2.24, 2.45) is 0 Å². The van der Waals surface area contributed by atoms with Gasteiger partial charge in [0.2, 0.25) is 5.91 Å². The molecule has 0 aromatic heterocycles. The highest BCUT2D eigenvalue weighted by atomic mass is 16.5. The fourth-order valence-corrected chi connectivity index (χ4v) is 4.79. The van der Waals surface area contributed by atoms with Crippen LogP contribution in [0.1, 0.15) is 64.7 Å². The van der Waals surface area contributed by atoms with Crippen LogP contribution in [0.25, 0.3) is 0 Å². The molecule has 0 aromatic rings. The van der Waals surface area contributed by atoms with E-state index >= 15 is 0 Å². The minimum absolute atomic E-state index is 0.140. The maximum Gasteiger partial charge on any atom is 0.220 e. The smallest absolute Gasteiger partial charge is 0.220 e. The van der Waals surface area contributed by atoms with E-state index in [2.05, 4.69) is 17.1 Å². The van der Waals surface area contributed by atoms with Crippen LogP contribution in [0.2, 0.25) is 0 Å². The highest BCUT2D eigenvalue weighted by Crippen LogP contribution is 2.38. The zero-order valence-electron chi connectivity index (χ0n) is 15.2. The van der Waals surface area contributed by atoms with Crippen LogP contribution in [0.4, 0.5) is 0 Å². The molecule has 1 saturated carbocycles. The maximum absolute atomic E-state index is 12.5. The largest absolute Gasteiger partial charge is 0.379 e. The molecule has 2 aliphatic heterocycles. The molecule has 1 amide bonds. The average Bonchev–Trinajstić information content (AvgIpc) is 3.13. The third kappa shape index (κ3) is 4.30. The second kappa shape index (κ2) is 8.63. The second-order valence-electron chi connectivity index (χ2n) is 7.73. The van der Waals surface area contributed by atoms with E-state index in [1.807, 2.05) is 0 Å². The van der Waals surface area contributed by atoms with Crippen molar-refractivity contribution in [3.63, 3.8) is 0 Å². The minimum Gasteiger partial charge on any atom is -0.379 e. The Morgan fingerprint density at radius 3 is 2.58 bits per heavy atom. The molecule has 0 bridgehead atoms. The zero-order chi connectivity index (χ0) is 16.8. The predicted molar refractivity (Wildman–Crippen MR) is 94.0 cm³/mol. The fourth-order valence-electron chi connectivity index (χ4n) is 4.79. The van der Waals surface area contributed by atoms with Gasteiger partial charge in [0.05, 0.1) is 19.3 Å². The van der Waals surface area contributed by atoms with Gasteiger partial charge in [-0.05, 0) is 45.4 Å². The molecule has 5 nitrogen and oxygen atoms in total. The van der Waals surface area contributed by atoms with Crippen LogP contribution in [0.15, 0.2) is 0 Å². The van der Waals surface area contributed by atoms with Gasteiger partial charge in [-0.3, -0.25) is 9.69 Å². The molecule has 2 atom stereocenters. The number of hydrogen-bond donors (Lipinski definition) is 1. The van der Waals surface area contributed by atoms with Crippen LogP contribution in [0, 0.1) is 0 Å². The van der Waals surface area contributed by atoms with E-state index in [9.17, 15) is 4.79 Å². The number of amides is 1. The molecule has 3 aliphatic rings. The summed E-state index contributed by atoms with van der Waals surface area (Å²) in [5.74, 6) is 0.191. The highest BCUT2D eigenvalue weighted by molar-refractivity contribution is 5.76. The summed E-state index contributed by atoms with van der Waals surface area (Å²) in [6.07, 6.45) is 10.2. The first kappa shape index (κ1) is 18.2. The SMILES string of the molecule is C[C@H](NC(=O)CC[C@H]1CCCCO1)C1(N2CCOCC2)CCCC1. The topological polar surface area (TPSA) is 50.8 Å². The molecule has 138 valence electrons. The second-order valence-corrected chi connectivity index (χ2v) is 7.73. The quantitative estimate of drug-likeness (QED) is 0.808. The summed E-state index contributed by atoms with van der Waals surface area (Å²) in [7, 11) is 0. The molecule has 24 heavy (non-hydrogen) atoms. The molecule has 0 radical (unpaired) electrons. The molecule has 3 rings (SSSR count). The lowest BCUT2D eigenvalue weighted by Gasteiger charge is -2.47. The Bertz CT molecular complexity index is 397. The summed E-state index contributed by atoms with van der Waals surface area (Å²) in [5.41, 5.74) is 0.140. The van der Waals surface area contributed by atoms with Gasteiger partial charge in [-0.15, -0.1) is 0 Å². The Hall–Kier alpha value is -0.650. The van der Waals surface area contributed by atoms with Crippen molar-refractivity contribution in [3.05, 3.63) is 0 Å². The van der Waals surface area contributed by atoms with E-state index in [1.54, 1.807) is 0 Å². The fraction of sp³-hybridized carbons (Fsp3) is 0.947. The van der Waals surface area contributed by atoms with E-state index in [0.717, 1.165) is 45.8 Å². The zero-order valence-corrected chi connectivity index (χ0v) is 15.2. The number of ether oxygens (including phenoxy) is 2. The molecule has 5 heteroatoms. The average molecular weight is 338 g/mol. The van der Waals surface area contributed by atoms with Crippen LogP contribution in [0.3, 0.4) is 0 Å². The molecule has 2 heterocycles. The standard InChI is InChI=1S/C19H34N2O3/c1-16(20-18(22)8-7-17-6-2-5-13-24-17)19(9-3-4-10-19)21-11-14-23-15-12-21/h16-17H,2-15H2,1H3,(H,20,22)/t16-,17+/m0/s1. The molecule has 2 saturated heterocycles. The van der Waals surface area contributed by atoms with Crippen LogP contribution in [-0.2, 0) is 14.3 Å². The molecule has 1 aliphatic carbocycles. The third-order valence-electron chi connectivity index (χ3n) is 6.26. The number of morpholine rings is 1. The Labute approximate surface area is 146 Å². The van der Waals surface area contributed by atoms with Gasteiger partial charge in [0.1, 0.15) is 0 Å². The first-order valence-corrected chi connectivity index (χ1v) is 9.94. The summed E-state index contributed by atoms with van der Waals surface area (Å²) < 4.78 is 11.3. The molecule has 0 spiro atoms. The Morgan fingerprint density at radius 2 is 1.92 bits per heavy atom. The van der Waals surface area contributed by atoms with Crippen LogP contribution >= 0.6 is 0 Å². The Morgan fingerprint density at radius 1 is 1.17 bits per heavy atom. The number of carbonyl (C=O) groups excluding carboxylic acids is 1. The van der Waals surface area contributed by atoms with Gasteiger partial charge >= 0.3 is 0 Å². The summed E-state index contributed by atoms with van der Waals surface area (Å²) in [4.78, 5) is 15.1. The maximum atomic E-state index is 12.5. The highest BCUT2D eigenvalue weighted by Gasteiger charge is 2.44. The van der Waals surface area contributed by atoms with Gasteiger partial charge < -0.3 is 14.8 Å². The first-order chi connectivity index (χ1) is 11.7. The van der Waals surface area contributed by atoms with E-state index in [0.29, 0.717) is 12.5 Å². The van der Waals surface area contributed by atoms with Crippen LogP contribution in [0.5, 0.6) is 0 Å². The normalized spacial score (nSPS) is 29.3. The van der Waals surface area contributed by atoms with Crippen molar-refractivity contribution in [1.82, 2.24) is 10.2 Å². The summed E-state index contributed by atoms with van der Waals surface area (Å²) in [5, 5.41) is 3.32. The molecule has 3 fully saturated rings. The molecular formula is C19H34N2O3.